The van der Waals surface area contributed by atoms with E-state index >= 15 is 0 Å². The molecule has 1 unspecified atom stereocenters. The van der Waals surface area contributed by atoms with Crippen LogP contribution in [0, 0.1) is 20.8 Å². The number of ether oxygens (including phenoxy) is 1. The van der Waals surface area contributed by atoms with Crippen molar-refractivity contribution in [1.82, 2.24) is 10.2 Å². The molecule has 1 aliphatic rings. The number of rotatable bonds is 7. The third-order valence-electron chi connectivity index (χ3n) is 6.19. The highest BCUT2D eigenvalue weighted by atomic mass is 16.5. The van der Waals surface area contributed by atoms with Crippen LogP contribution in [0.4, 0.5) is 5.69 Å². The number of carbonyl (C=O) groups is 1. The molecule has 31 heavy (non-hydrogen) atoms. The molecule has 1 amide bonds. The molecule has 0 aromatic heterocycles. The third-order valence-corrected chi connectivity index (χ3v) is 6.19. The van der Waals surface area contributed by atoms with E-state index in [0.717, 1.165) is 60.6 Å². The van der Waals surface area contributed by atoms with Gasteiger partial charge in [-0.3, -0.25) is 9.69 Å². The van der Waals surface area contributed by atoms with Gasteiger partial charge in [0.1, 0.15) is 5.75 Å². The number of carbonyl (C=O) groups excluding carboxylic acids is 1. The number of hydrogen-bond donors (Lipinski definition) is 2. The summed E-state index contributed by atoms with van der Waals surface area (Å²) in [5.74, 6) is 0.667. The van der Waals surface area contributed by atoms with Crippen LogP contribution in [0.5, 0.6) is 5.75 Å². The summed E-state index contributed by atoms with van der Waals surface area (Å²) in [6.07, 6.45) is 5.74. The molecule has 1 aliphatic heterocycles. The second-order valence-corrected chi connectivity index (χ2v) is 8.51. The SMILES string of the molecule is Cc1cc(OC(C)C(=O)NC2CCN(CC=Cc3ccccc3)CC2)c(C)c(C)c1N. The number of likely N-dealkylation sites (tertiary alicyclic amines) is 1. The summed E-state index contributed by atoms with van der Waals surface area (Å²) in [6, 6.07) is 12.5. The van der Waals surface area contributed by atoms with Gasteiger partial charge in [-0.25, -0.2) is 0 Å². The second-order valence-electron chi connectivity index (χ2n) is 8.51. The fourth-order valence-corrected chi connectivity index (χ4v) is 3.91. The number of nitrogen functional groups attached to an aromatic ring is 1. The Balaban J connectivity index is 1.45. The van der Waals surface area contributed by atoms with Gasteiger partial charge in [0.05, 0.1) is 0 Å². The van der Waals surface area contributed by atoms with Crippen LogP contribution < -0.4 is 15.8 Å². The lowest BCUT2D eigenvalue weighted by atomic mass is 10.0. The van der Waals surface area contributed by atoms with E-state index in [9.17, 15) is 4.79 Å². The molecule has 1 saturated heterocycles. The summed E-state index contributed by atoms with van der Waals surface area (Å²) < 4.78 is 5.99. The maximum Gasteiger partial charge on any atom is 0.260 e. The van der Waals surface area contributed by atoms with Crippen molar-refractivity contribution in [2.45, 2.75) is 52.7 Å². The molecule has 0 radical (unpaired) electrons. The van der Waals surface area contributed by atoms with Crippen LogP contribution in [-0.2, 0) is 4.79 Å². The molecular formula is C26H35N3O2. The predicted molar refractivity (Wildman–Crippen MR) is 128 cm³/mol. The molecule has 2 aromatic rings. The van der Waals surface area contributed by atoms with Crippen LogP contribution in [0.3, 0.4) is 0 Å². The highest BCUT2D eigenvalue weighted by Gasteiger charge is 2.24. The zero-order valence-corrected chi connectivity index (χ0v) is 19.2. The molecule has 0 saturated carbocycles. The first-order valence-corrected chi connectivity index (χ1v) is 11.1. The normalized spacial score (nSPS) is 16.4. The smallest absolute Gasteiger partial charge is 0.260 e. The molecule has 2 aromatic carbocycles. The second kappa shape index (κ2) is 10.5. The number of hydrogen-bond acceptors (Lipinski definition) is 4. The fraction of sp³-hybridized carbons (Fsp3) is 0.423. The average molecular weight is 422 g/mol. The van der Waals surface area contributed by atoms with Crippen LogP contribution >= 0.6 is 0 Å². The molecule has 5 heteroatoms. The van der Waals surface area contributed by atoms with E-state index in [4.69, 9.17) is 10.5 Å². The van der Waals surface area contributed by atoms with Gasteiger partial charge < -0.3 is 15.8 Å². The summed E-state index contributed by atoms with van der Waals surface area (Å²) in [6.45, 7) is 10.6. The lowest BCUT2D eigenvalue weighted by Gasteiger charge is -2.32. The summed E-state index contributed by atoms with van der Waals surface area (Å²) in [4.78, 5) is 15.1. The molecule has 0 spiro atoms. The van der Waals surface area contributed by atoms with Crippen LogP contribution in [-0.4, -0.2) is 42.6 Å². The van der Waals surface area contributed by atoms with E-state index in [2.05, 4.69) is 46.6 Å². The van der Waals surface area contributed by atoms with Crippen molar-refractivity contribution in [1.29, 1.82) is 0 Å². The molecule has 1 atom stereocenters. The maximum absolute atomic E-state index is 12.7. The minimum atomic E-state index is -0.548. The lowest BCUT2D eigenvalue weighted by Crippen LogP contribution is -2.48. The van der Waals surface area contributed by atoms with Crippen molar-refractivity contribution < 1.29 is 9.53 Å². The van der Waals surface area contributed by atoms with Crippen LogP contribution in [0.1, 0.15) is 42.0 Å². The first-order valence-electron chi connectivity index (χ1n) is 11.1. The number of nitrogens with two attached hydrogens (primary N) is 1. The molecule has 3 rings (SSSR count). The van der Waals surface area contributed by atoms with Crippen molar-refractivity contribution in [3.05, 3.63) is 64.7 Å². The van der Waals surface area contributed by atoms with E-state index in [1.807, 2.05) is 32.9 Å². The maximum atomic E-state index is 12.7. The quantitative estimate of drug-likeness (QED) is 0.656. The van der Waals surface area contributed by atoms with Gasteiger partial charge in [-0.1, -0.05) is 42.5 Å². The number of nitrogens with one attached hydrogen (secondary N) is 1. The molecule has 3 N–H and O–H groups in total. The van der Waals surface area contributed by atoms with Gasteiger partial charge in [0.15, 0.2) is 6.10 Å². The first-order chi connectivity index (χ1) is 14.8. The van der Waals surface area contributed by atoms with E-state index in [-0.39, 0.29) is 11.9 Å². The van der Waals surface area contributed by atoms with Crippen LogP contribution in [0.2, 0.25) is 0 Å². The Labute approximate surface area is 186 Å². The zero-order valence-electron chi connectivity index (χ0n) is 19.2. The Morgan fingerprint density at radius 2 is 1.87 bits per heavy atom. The van der Waals surface area contributed by atoms with Gasteiger partial charge in [-0.05, 0) is 68.9 Å². The highest BCUT2D eigenvalue weighted by Crippen LogP contribution is 2.30. The Kier molecular flexibility index (Phi) is 7.75. The monoisotopic (exact) mass is 421 g/mol. The van der Waals surface area contributed by atoms with Crippen LogP contribution in [0.25, 0.3) is 6.08 Å². The molecule has 1 fully saturated rings. The number of benzene rings is 2. The number of nitrogens with zero attached hydrogens (tertiary/aromatic N) is 1. The summed E-state index contributed by atoms with van der Waals surface area (Å²) in [7, 11) is 0. The van der Waals surface area contributed by atoms with Gasteiger partial charge in [-0.2, -0.15) is 0 Å². The lowest BCUT2D eigenvalue weighted by molar-refractivity contribution is -0.128. The number of anilines is 1. The topological polar surface area (TPSA) is 67.6 Å². The van der Waals surface area contributed by atoms with E-state index in [1.54, 1.807) is 6.92 Å². The number of piperidine rings is 1. The van der Waals surface area contributed by atoms with E-state index < -0.39 is 6.10 Å². The van der Waals surface area contributed by atoms with Crippen LogP contribution in [0.15, 0.2) is 42.5 Å². The highest BCUT2D eigenvalue weighted by molar-refractivity contribution is 5.81. The number of amides is 1. The van der Waals surface area contributed by atoms with Crippen molar-refractivity contribution in [3.8, 4) is 5.75 Å². The van der Waals surface area contributed by atoms with E-state index in [0.29, 0.717) is 0 Å². The van der Waals surface area contributed by atoms with Crippen molar-refractivity contribution in [2.75, 3.05) is 25.4 Å². The minimum Gasteiger partial charge on any atom is -0.481 e. The van der Waals surface area contributed by atoms with Gasteiger partial charge >= 0.3 is 0 Å². The first kappa shape index (κ1) is 22.9. The van der Waals surface area contributed by atoms with Gasteiger partial charge in [0, 0.05) is 31.4 Å². The molecule has 0 aliphatic carbocycles. The van der Waals surface area contributed by atoms with Crippen molar-refractivity contribution >= 4 is 17.7 Å². The summed E-state index contributed by atoms with van der Waals surface area (Å²) in [5.41, 5.74) is 11.1. The summed E-state index contributed by atoms with van der Waals surface area (Å²) in [5, 5.41) is 3.17. The third kappa shape index (κ3) is 6.11. The van der Waals surface area contributed by atoms with Crippen molar-refractivity contribution in [2.24, 2.45) is 0 Å². The molecular weight excluding hydrogens is 386 g/mol. The molecule has 166 valence electrons. The fourth-order valence-electron chi connectivity index (χ4n) is 3.91. The Hall–Kier alpha value is -2.79. The standard InChI is InChI=1S/C26H35N3O2/c1-18-17-24(19(2)20(3)25(18)27)31-21(4)26(30)28-23-12-15-29(16-13-23)14-8-11-22-9-6-5-7-10-22/h5-11,17,21,23H,12-16,27H2,1-4H3,(H,28,30). The predicted octanol–water partition coefficient (Wildman–Crippen LogP) is 4.26. The number of aryl methyl sites for hydroxylation is 1. The zero-order chi connectivity index (χ0) is 22.4. The minimum absolute atomic E-state index is 0.0612. The van der Waals surface area contributed by atoms with Gasteiger partial charge in [0.2, 0.25) is 0 Å². The average Bonchev–Trinajstić information content (AvgIpc) is 2.77. The van der Waals surface area contributed by atoms with Crippen molar-refractivity contribution in [3.63, 3.8) is 0 Å². The van der Waals surface area contributed by atoms with Gasteiger partial charge in [-0.15, -0.1) is 0 Å². The molecule has 0 bridgehead atoms. The summed E-state index contributed by atoms with van der Waals surface area (Å²) >= 11 is 0. The Bertz CT molecular complexity index is 916. The largest absolute Gasteiger partial charge is 0.481 e. The Morgan fingerprint density at radius 1 is 1.19 bits per heavy atom. The van der Waals surface area contributed by atoms with E-state index in [1.165, 1.54) is 5.56 Å². The molecule has 1 heterocycles. The Morgan fingerprint density at radius 3 is 2.55 bits per heavy atom. The van der Waals surface area contributed by atoms with Gasteiger partial charge in [0.25, 0.3) is 5.91 Å². The molecule has 5 nitrogen and oxygen atoms in total.